The monoisotopic (exact) mass is 330 g/mol. The van der Waals surface area contributed by atoms with Crippen LogP contribution >= 0.6 is 0 Å². The molecule has 0 unspecified atom stereocenters. The first-order valence-corrected chi connectivity index (χ1v) is 8.24. The van der Waals surface area contributed by atoms with Crippen molar-refractivity contribution in [1.29, 1.82) is 0 Å². The molecule has 1 aromatic rings. The van der Waals surface area contributed by atoms with E-state index in [1.165, 1.54) is 0 Å². The van der Waals surface area contributed by atoms with E-state index in [-0.39, 0.29) is 5.54 Å². The van der Waals surface area contributed by atoms with Crippen LogP contribution in [0.15, 0.2) is 29.4 Å². The summed E-state index contributed by atoms with van der Waals surface area (Å²) in [6.45, 7) is 10.3. The Kier molecular flexibility index (Phi) is 5.72. The molecule has 0 aromatic heterocycles. The molecule has 2 rings (SSSR count). The minimum Gasteiger partial charge on any atom is -0.318 e. The Hall–Kier alpha value is -2.21. The maximum Gasteiger partial charge on any atom is 0.329 e. The van der Waals surface area contributed by atoms with Gasteiger partial charge in [0.1, 0.15) is 0 Å². The van der Waals surface area contributed by atoms with Gasteiger partial charge in [0, 0.05) is 42.9 Å². The molecule has 24 heavy (non-hydrogen) atoms. The molecule has 6 nitrogen and oxygen atoms in total. The first-order valence-electron chi connectivity index (χ1n) is 8.24. The molecule has 1 aliphatic heterocycles. The lowest BCUT2D eigenvalue weighted by Crippen LogP contribution is -2.46. The van der Waals surface area contributed by atoms with Crippen molar-refractivity contribution in [2.75, 3.05) is 18.4 Å². The summed E-state index contributed by atoms with van der Waals surface area (Å²) in [5.74, 6) is -1.46. The molecule has 1 aromatic carbocycles. The minimum absolute atomic E-state index is 0.142. The Bertz CT molecular complexity index is 619. The maximum atomic E-state index is 11.9. The van der Waals surface area contributed by atoms with Crippen LogP contribution in [0.1, 0.15) is 39.2 Å². The predicted molar refractivity (Wildman–Crippen MR) is 95.9 cm³/mol. The zero-order valence-electron chi connectivity index (χ0n) is 14.8. The van der Waals surface area contributed by atoms with E-state index in [0.29, 0.717) is 5.69 Å². The maximum absolute atomic E-state index is 11.9. The van der Waals surface area contributed by atoms with Gasteiger partial charge in [0.05, 0.1) is 0 Å². The number of aryl methyl sites for hydroxylation is 1. The normalized spacial score (nSPS) is 15.8. The van der Waals surface area contributed by atoms with Crippen molar-refractivity contribution in [3.63, 3.8) is 0 Å². The van der Waals surface area contributed by atoms with Crippen LogP contribution in [-0.4, -0.2) is 41.1 Å². The number of nitrogens with zero attached hydrogens (tertiary/aromatic N) is 2. The highest BCUT2D eigenvalue weighted by Gasteiger charge is 2.25. The van der Waals surface area contributed by atoms with Gasteiger partial charge in [-0.2, -0.15) is 5.10 Å². The highest BCUT2D eigenvalue weighted by atomic mass is 16.2. The smallest absolute Gasteiger partial charge is 0.318 e. The molecule has 0 radical (unpaired) electrons. The first kappa shape index (κ1) is 18.1. The molecule has 1 heterocycles. The quantitative estimate of drug-likeness (QED) is 0.645. The van der Waals surface area contributed by atoms with Crippen molar-refractivity contribution >= 4 is 23.2 Å². The molecule has 0 aliphatic carbocycles. The van der Waals surface area contributed by atoms with Crippen LogP contribution in [0.5, 0.6) is 0 Å². The van der Waals surface area contributed by atoms with Crippen LogP contribution in [0.2, 0.25) is 0 Å². The number of likely N-dealkylation sites (tertiary alicyclic amines) is 1. The number of nitrogens with one attached hydrogen (secondary N) is 2. The molecule has 6 heteroatoms. The first-order chi connectivity index (χ1) is 11.3. The number of benzene rings is 1. The van der Waals surface area contributed by atoms with Crippen LogP contribution in [0, 0.1) is 6.92 Å². The fraction of sp³-hybridized carbons (Fsp3) is 0.500. The largest absolute Gasteiger partial charge is 0.329 e. The third-order valence-corrected chi connectivity index (χ3v) is 4.12. The zero-order valence-corrected chi connectivity index (χ0v) is 14.8. The number of carbonyl (C=O) groups is 2. The Morgan fingerprint density at radius 3 is 2.17 bits per heavy atom. The second kappa shape index (κ2) is 7.57. The molecule has 1 fully saturated rings. The summed E-state index contributed by atoms with van der Waals surface area (Å²) in [7, 11) is 0. The van der Waals surface area contributed by atoms with Crippen molar-refractivity contribution in [3.05, 3.63) is 29.8 Å². The molecular weight excluding hydrogens is 304 g/mol. The highest BCUT2D eigenvalue weighted by molar-refractivity contribution is 6.39. The molecule has 0 bridgehead atoms. The van der Waals surface area contributed by atoms with E-state index in [0.717, 1.165) is 37.2 Å². The molecule has 0 saturated carbocycles. The Labute approximate surface area is 143 Å². The minimum atomic E-state index is -0.749. The van der Waals surface area contributed by atoms with E-state index in [1.54, 1.807) is 12.1 Å². The van der Waals surface area contributed by atoms with Gasteiger partial charge in [0.2, 0.25) is 0 Å². The SMILES string of the molecule is Cc1ccc(NC(=O)C(=O)NN=C2CCN(C(C)(C)C)CC2)cc1. The summed E-state index contributed by atoms with van der Waals surface area (Å²) in [5, 5.41) is 6.66. The standard InChI is InChI=1S/C18H26N4O2/c1-13-5-7-14(8-6-13)19-16(23)17(24)21-20-15-9-11-22(12-10-15)18(2,3)4/h5-8H,9-12H2,1-4H3,(H,19,23)(H,21,24). The number of anilines is 1. The summed E-state index contributed by atoms with van der Waals surface area (Å²) in [5.41, 5.74) is 5.10. The molecule has 0 spiro atoms. The average Bonchev–Trinajstić information content (AvgIpc) is 2.54. The van der Waals surface area contributed by atoms with E-state index in [4.69, 9.17) is 0 Å². The van der Waals surface area contributed by atoms with Gasteiger partial charge >= 0.3 is 11.8 Å². The van der Waals surface area contributed by atoms with Gasteiger partial charge in [-0.1, -0.05) is 17.7 Å². The van der Waals surface area contributed by atoms with Crippen molar-refractivity contribution in [3.8, 4) is 0 Å². The van der Waals surface area contributed by atoms with Gasteiger partial charge in [-0.3, -0.25) is 14.5 Å². The van der Waals surface area contributed by atoms with Gasteiger partial charge in [0.25, 0.3) is 0 Å². The molecule has 2 amide bonds. The number of hydrogen-bond donors (Lipinski definition) is 2. The third-order valence-electron chi connectivity index (χ3n) is 4.12. The summed E-state index contributed by atoms with van der Waals surface area (Å²) in [4.78, 5) is 26.1. The van der Waals surface area contributed by atoms with Crippen LogP contribution in [0.4, 0.5) is 5.69 Å². The highest BCUT2D eigenvalue weighted by Crippen LogP contribution is 2.18. The van der Waals surface area contributed by atoms with E-state index in [1.807, 2.05) is 19.1 Å². The predicted octanol–water partition coefficient (Wildman–Crippen LogP) is 2.30. The van der Waals surface area contributed by atoms with Crippen LogP contribution in [-0.2, 0) is 9.59 Å². The van der Waals surface area contributed by atoms with Gasteiger partial charge < -0.3 is 5.32 Å². The molecule has 2 N–H and O–H groups in total. The fourth-order valence-electron chi connectivity index (χ4n) is 2.55. The lowest BCUT2D eigenvalue weighted by molar-refractivity contribution is -0.136. The van der Waals surface area contributed by atoms with Crippen LogP contribution in [0.25, 0.3) is 0 Å². The number of hydrogen-bond acceptors (Lipinski definition) is 4. The number of rotatable bonds is 2. The van der Waals surface area contributed by atoms with Crippen molar-refractivity contribution in [1.82, 2.24) is 10.3 Å². The number of carbonyl (C=O) groups excluding carboxylic acids is 2. The Morgan fingerprint density at radius 2 is 1.62 bits per heavy atom. The molecule has 130 valence electrons. The van der Waals surface area contributed by atoms with Crippen LogP contribution in [0.3, 0.4) is 0 Å². The number of hydrazone groups is 1. The van der Waals surface area contributed by atoms with Gasteiger partial charge in [-0.15, -0.1) is 0 Å². The summed E-state index contributed by atoms with van der Waals surface area (Å²) >= 11 is 0. The summed E-state index contributed by atoms with van der Waals surface area (Å²) < 4.78 is 0. The average molecular weight is 330 g/mol. The molecule has 1 saturated heterocycles. The molecule has 1 aliphatic rings. The lowest BCUT2D eigenvalue weighted by Gasteiger charge is -2.38. The van der Waals surface area contributed by atoms with Gasteiger partial charge in [0.15, 0.2) is 0 Å². The van der Waals surface area contributed by atoms with E-state index in [9.17, 15) is 9.59 Å². The fourth-order valence-corrected chi connectivity index (χ4v) is 2.55. The van der Waals surface area contributed by atoms with Crippen molar-refractivity contribution in [2.45, 2.75) is 46.1 Å². The Morgan fingerprint density at radius 1 is 1.04 bits per heavy atom. The molecule has 0 atom stereocenters. The topological polar surface area (TPSA) is 73.8 Å². The summed E-state index contributed by atoms with van der Waals surface area (Å²) in [6, 6.07) is 7.26. The van der Waals surface area contributed by atoms with Gasteiger partial charge in [-0.25, -0.2) is 5.43 Å². The van der Waals surface area contributed by atoms with E-state index in [2.05, 4.69) is 41.5 Å². The van der Waals surface area contributed by atoms with Gasteiger partial charge in [-0.05, 0) is 39.8 Å². The summed E-state index contributed by atoms with van der Waals surface area (Å²) in [6.07, 6.45) is 1.61. The van der Waals surface area contributed by atoms with E-state index < -0.39 is 11.8 Å². The number of amides is 2. The molecular formula is C18H26N4O2. The number of piperidine rings is 1. The third kappa shape index (κ3) is 5.16. The van der Waals surface area contributed by atoms with Crippen molar-refractivity contribution < 1.29 is 9.59 Å². The second-order valence-corrected chi connectivity index (χ2v) is 7.10. The second-order valence-electron chi connectivity index (χ2n) is 7.10. The van der Waals surface area contributed by atoms with E-state index >= 15 is 0 Å². The lowest BCUT2D eigenvalue weighted by atomic mass is 10.00. The Balaban J connectivity index is 1.82. The van der Waals surface area contributed by atoms with Crippen LogP contribution < -0.4 is 10.7 Å². The zero-order chi connectivity index (χ0) is 17.7. The van der Waals surface area contributed by atoms with Crippen molar-refractivity contribution in [2.24, 2.45) is 5.10 Å².